The van der Waals surface area contributed by atoms with Crippen molar-refractivity contribution in [3.63, 3.8) is 0 Å². The minimum atomic E-state index is -1.26. The quantitative estimate of drug-likeness (QED) is 0.375. The van der Waals surface area contributed by atoms with E-state index in [0.29, 0.717) is 0 Å². The maximum absolute atomic E-state index is 10.7. The summed E-state index contributed by atoms with van der Waals surface area (Å²) in [4.78, 5) is 20.4. The molecule has 0 radical (unpaired) electrons. The van der Waals surface area contributed by atoms with Crippen LogP contribution in [0.15, 0.2) is 5.18 Å². The molecule has 0 aromatic heterocycles. The first kappa shape index (κ1) is 7.47. The molecule has 1 saturated carbocycles. The number of carbonyl (C=O) groups is 1. The predicted octanol–water partition coefficient (Wildman–Crippen LogP) is 0.596. The lowest BCUT2D eigenvalue weighted by Gasteiger charge is -2.00. The van der Waals surface area contributed by atoms with Gasteiger partial charge in [0.2, 0.25) is 5.50 Å². The van der Waals surface area contributed by atoms with Crippen LogP contribution in [0.1, 0.15) is 12.8 Å². The van der Waals surface area contributed by atoms with Crippen LogP contribution in [0.4, 0.5) is 0 Å². The van der Waals surface area contributed by atoms with Crippen LogP contribution in [0.2, 0.25) is 0 Å². The van der Waals surface area contributed by atoms with Crippen molar-refractivity contribution in [2.45, 2.75) is 24.4 Å². The molecule has 0 spiro atoms. The number of amides is 1. The predicted molar refractivity (Wildman–Crippen MR) is 36.6 cm³/mol. The van der Waals surface area contributed by atoms with Gasteiger partial charge in [0, 0.05) is 6.04 Å². The molecule has 1 fully saturated rings. The monoisotopic (exact) mass is 162 g/mol. The largest absolute Gasteiger partial charge is 0.350 e. The average Bonchev–Trinajstić information content (AvgIpc) is 2.70. The third kappa shape index (κ3) is 1.95. The smallest absolute Gasteiger partial charge is 0.264 e. The molecule has 1 atom stereocenters. The van der Waals surface area contributed by atoms with Gasteiger partial charge in [0.15, 0.2) is 0 Å². The van der Waals surface area contributed by atoms with Gasteiger partial charge in [0.05, 0.1) is 0 Å². The van der Waals surface area contributed by atoms with E-state index in [2.05, 4.69) is 10.5 Å². The summed E-state index contributed by atoms with van der Waals surface area (Å²) in [5, 5.41) is 4.91. The lowest BCUT2D eigenvalue weighted by Crippen LogP contribution is -2.31. The molecule has 0 bridgehead atoms. The number of alkyl halides is 1. The van der Waals surface area contributed by atoms with Crippen LogP contribution < -0.4 is 5.32 Å². The van der Waals surface area contributed by atoms with Crippen molar-refractivity contribution in [3.05, 3.63) is 4.91 Å². The van der Waals surface area contributed by atoms with Crippen molar-refractivity contribution in [1.82, 2.24) is 5.32 Å². The second-order valence-electron chi connectivity index (χ2n) is 2.22. The molecule has 56 valence electrons. The molecule has 1 amide bonds. The van der Waals surface area contributed by atoms with Crippen molar-refractivity contribution in [2.75, 3.05) is 0 Å². The van der Waals surface area contributed by atoms with Gasteiger partial charge < -0.3 is 5.32 Å². The number of carbonyl (C=O) groups excluding carboxylic acids is 1. The van der Waals surface area contributed by atoms with Crippen molar-refractivity contribution in [3.8, 4) is 0 Å². The number of nitrogens with zero attached hydrogens (tertiary/aromatic N) is 1. The summed E-state index contributed by atoms with van der Waals surface area (Å²) in [6.07, 6.45) is 1.96. The van der Waals surface area contributed by atoms with Gasteiger partial charge >= 0.3 is 0 Å². The molecule has 0 heterocycles. The number of halogens is 1. The van der Waals surface area contributed by atoms with E-state index in [1.807, 2.05) is 0 Å². The Kier molecular flexibility index (Phi) is 2.21. The number of nitrogens with one attached hydrogen (secondary N) is 1. The van der Waals surface area contributed by atoms with Crippen molar-refractivity contribution >= 4 is 17.5 Å². The highest BCUT2D eigenvalue weighted by Gasteiger charge is 2.26. The molecule has 1 aliphatic carbocycles. The third-order valence-corrected chi connectivity index (χ3v) is 1.51. The molecule has 1 rings (SSSR count). The molecule has 0 aliphatic heterocycles. The molecule has 0 aromatic rings. The Balaban J connectivity index is 2.24. The summed E-state index contributed by atoms with van der Waals surface area (Å²) < 4.78 is 0. The standard InChI is InChI=1S/C5H7ClN2O2/c6-4(8-10)5(9)7-3-1-2-3/h3-4H,1-2H2,(H,7,9). The van der Waals surface area contributed by atoms with E-state index in [1.165, 1.54) is 0 Å². The normalized spacial score (nSPS) is 19.7. The molecule has 0 saturated heterocycles. The molecular weight excluding hydrogens is 156 g/mol. The average molecular weight is 163 g/mol. The van der Waals surface area contributed by atoms with Crippen LogP contribution in [-0.4, -0.2) is 17.5 Å². The summed E-state index contributed by atoms with van der Waals surface area (Å²) in [6, 6.07) is 0.232. The number of rotatable bonds is 3. The summed E-state index contributed by atoms with van der Waals surface area (Å²) >= 11 is 5.20. The maximum Gasteiger partial charge on any atom is 0.264 e. The fourth-order valence-corrected chi connectivity index (χ4v) is 0.608. The second kappa shape index (κ2) is 2.96. The van der Waals surface area contributed by atoms with E-state index in [4.69, 9.17) is 11.6 Å². The zero-order chi connectivity index (χ0) is 7.56. The van der Waals surface area contributed by atoms with E-state index >= 15 is 0 Å². The van der Waals surface area contributed by atoms with Gasteiger partial charge in [-0.1, -0.05) is 11.6 Å². The first-order chi connectivity index (χ1) is 4.74. The molecule has 1 unspecified atom stereocenters. The first-order valence-corrected chi connectivity index (χ1v) is 3.44. The van der Waals surface area contributed by atoms with Crippen molar-refractivity contribution in [2.24, 2.45) is 5.18 Å². The Morgan fingerprint density at radius 3 is 2.70 bits per heavy atom. The summed E-state index contributed by atoms with van der Waals surface area (Å²) in [5.74, 6) is -0.487. The van der Waals surface area contributed by atoms with E-state index < -0.39 is 11.4 Å². The molecule has 4 nitrogen and oxygen atoms in total. The van der Waals surface area contributed by atoms with E-state index in [9.17, 15) is 9.70 Å². The minimum absolute atomic E-state index is 0.232. The van der Waals surface area contributed by atoms with Gasteiger partial charge in [-0.15, -0.1) is 4.91 Å². The van der Waals surface area contributed by atoms with Crippen LogP contribution in [0.25, 0.3) is 0 Å². The fraction of sp³-hybridized carbons (Fsp3) is 0.800. The highest BCUT2D eigenvalue weighted by atomic mass is 35.5. The number of hydrogen-bond acceptors (Lipinski definition) is 3. The minimum Gasteiger partial charge on any atom is -0.350 e. The van der Waals surface area contributed by atoms with Gasteiger partial charge in [0.1, 0.15) is 0 Å². The van der Waals surface area contributed by atoms with E-state index in [1.54, 1.807) is 0 Å². The Labute approximate surface area is 62.9 Å². The Hall–Kier alpha value is -0.640. The van der Waals surface area contributed by atoms with Crippen LogP contribution in [0, 0.1) is 4.91 Å². The summed E-state index contributed by atoms with van der Waals surface area (Å²) in [6.45, 7) is 0. The SMILES string of the molecule is O=NC(Cl)C(=O)NC1CC1. The molecule has 5 heteroatoms. The maximum atomic E-state index is 10.7. The molecule has 1 N–H and O–H groups in total. The zero-order valence-corrected chi connectivity index (χ0v) is 5.97. The van der Waals surface area contributed by atoms with Gasteiger partial charge in [-0.05, 0) is 18.0 Å². The summed E-state index contributed by atoms with van der Waals surface area (Å²) in [7, 11) is 0. The van der Waals surface area contributed by atoms with Crippen LogP contribution in [0.3, 0.4) is 0 Å². The topological polar surface area (TPSA) is 58.5 Å². The van der Waals surface area contributed by atoms with Crippen molar-refractivity contribution in [1.29, 1.82) is 0 Å². The second-order valence-corrected chi connectivity index (χ2v) is 2.64. The summed E-state index contributed by atoms with van der Waals surface area (Å²) in [5.41, 5.74) is -1.26. The highest BCUT2D eigenvalue weighted by Crippen LogP contribution is 2.19. The number of hydrogen-bond donors (Lipinski definition) is 1. The zero-order valence-electron chi connectivity index (χ0n) is 5.21. The van der Waals surface area contributed by atoms with Gasteiger partial charge in [-0.2, -0.15) is 0 Å². The Morgan fingerprint density at radius 2 is 2.30 bits per heavy atom. The van der Waals surface area contributed by atoms with E-state index in [0.717, 1.165) is 12.8 Å². The van der Waals surface area contributed by atoms with Gasteiger partial charge in [-0.25, -0.2) is 0 Å². The van der Waals surface area contributed by atoms with Crippen molar-refractivity contribution < 1.29 is 4.79 Å². The molecule has 0 aromatic carbocycles. The lowest BCUT2D eigenvalue weighted by molar-refractivity contribution is -0.120. The molecule has 1 aliphatic rings. The highest BCUT2D eigenvalue weighted by molar-refractivity contribution is 6.30. The third-order valence-electron chi connectivity index (χ3n) is 1.23. The number of nitroso groups, excluding NO2 is 1. The Bertz CT molecular complexity index is 158. The molecular formula is C5H7ClN2O2. The van der Waals surface area contributed by atoms with Crippen LogP contribution in [0.5, 0.6) is 0 Å². The van der Waals surface area contributed by atoms with Crippen LogP contribution in [-0.2, 0) is 4.79 Å². The van der Waals surface area contributed by atoms with E-state index in [-0.39, 0.29) is 6.04 Å². The fourth-order valence-electron chi connectivity index (χ4n) is 0.545. The lowest BCUT2D eigenvalue weighted by atomic mass is 10.5. The van der Waals surface area contributed by atoms with Crippen LogP contribution >= 0.6 is 11.6 Å². The van der Waals surface area contributed by atoms with Gasteiger partial charge in [0.25, 0.3) is 5.91 Å². The Morgan fingerprint density at radius 1 is 1.70 bits per heavy atom. The first-order valence-electron chi connectivity index (χ1n) is 3.01. The molecule has 10 heavy (non-hydrogen) atoms. The van der Waals surface area contributed by atoms with Gasteiger partial charge in [-0.3, -0.25) is 4.79 Å².